The third-order valence-corrected chi connectivity index (χ3v) is 6.65. The summed E-state index contributed by atoms with van der Waals surface area (Å²) in [5.74, 6) is -0.386. The Bertz CT molecular complexity index is 1030. The van der Waals surface area contributed by atoms with Crippen LogP contribution < -0.4 is 14.8 Å². The summed E-state index contributed by atoms with van der Waals surface area (Å²) in [6, 6.07) is 11.9. The fraction of sp³-hybridized carbons (Fsp3) is 0.364. The van der Waals surface area contributed by atoms with Crippen LogP contribution in [0.15, 0.2) is 53.4 Å². The van der Waals surface area contributed by atoms with Gasteiger partial charge in [0.15, 0.2) is 6.10 Å². The van der Waals surface area contributed by atoms with Gasteiger partial charge in [0, 0.05) is 0 Å². The van der Waals surface area contributed by atoms with E-state index in [2.05, 4.69) is 10.0 Å². The molecule has 2 N–H and O–H groups in total. The van der Waals surface area contributed by atoms with Crippen LogP contribution >= 0.6 is 11.8 Å². The Hall–Kier alpha value is -2.56. The molecule has 0 radical (unpaired) electrons. The van der Waals surface area contributed by atoms with Crippen molar-refractivity contribution in [2.75, 3.05) is 24.4 Å². The first-order valence-corrected chi connectivity index (χ1v) is 12.8. The van der Waals surface area contributed by atoms with E-state index in [-0.39, 0.29) is 11.3 Å². The third kappa shape index (κ3) is 7.25. The van der Waals surface area contributed by atoms with E-state index in [1.807, 2.05) is 19.2 Å². The van der Waals surface area contributed by atoms with Crippen LogP contribution in [0.1, 0.15) is 18.9 Å². The molecule has 0 spiro atoms. The number of amides is 1. The lowest BCUT2D eigenvalue weighted by molar-refractivity contribution is -0.154. The number of aryl methyl sites for hydroxylation is 1. The van der Waals surface area contributed by atoms with Crippen LogP contribution in [0.5, 0.6) is 5.75 Å². The summed E-state index contributed by atoms with van der Waals surface area (Å²) in [6.45, 7) is 3.29. The Balaban J connectivity index is 2.10. The molecular formula is C22H28N2O6S2. The molecule has 1 amide bonds. The quantitative estimate of drug-likeness (QED) is 0.476. The minimum absolute atomic E-state index is 0.0410. The third-order valence-electron chi connectivity index (χ3n) is 4.52. The van der Waals surface area contributed by atoms with Gasteiger partial charge < -0.3 is 14.8 Å². The number of esters is 1. The van der Waals surface area contributed by atoms with Crippen LogP contribution in [-0.4, -0.2) is 51.6 Å². The van der Waals surface area contributed by atoms with Crippen LogP contribution in [0.25, 0.3) is 0 Å². The molecule has 174 valence electrons. The lowest BCUT2D eigenvalue weighted by Gasteiger charge is -2.20. The van der Waals surface area contributed by atoms with Crippen molar-refractivity contribution < 1.29 is 27.5 Å². The number of methoxy groups -OCH3 is 1. The molecular weight excluding hydrogens is 452 g/mol. The van der Waals surface area contributed by atoms with E-state index in [1.54, 1.807) is 30.3 Å². The topological polar surface area (TPSA) is 111 Å². The fourth-order valence-corrected chi connectivity index (χ4v) is 4.49. The minimum atomic E-state index is -3.93. The maximum absolute atomic E-state index is 12.7. The highest BCUT2D eigenvalue weighted by atomic mass is 32.2. The van der Waals surface area contributed by atoms with Gasteiger partial charge in [0.2, 0.25) is 10.0 Å². The second kappa shape index (κ2) is 11.9. The molecule has 0 aliphatic carbocycles. The SMILES string of the molecule is COc1ccc(C)cc1NC(=O)C(C)OC(=O)C(CCSC)NS(=O)(=O)c1ccccc1. The number of sulfonamides is 1. The summed E-state index contributed by atoms with van der Waals surface area (Å²) in [6.07, 6.45) is 0.914. The zero-order valence-electron chi connectivity index (χ0n) is 18.5. The van der Waals surface area contributed by atoms with Crippen LogP contribution in [0.2, 0.25) is 0 Å². The van der Waals surface area contributed by atoms with Gasteiger partial charge in [-0.15, -0.1) is 0 Å². The van der Waals surface area contributed by atoms with Crippen LogP contribution in [0, 0.1) is 6.92 Å². The molecule has 2 unspecified atom stereocenters. The second-order valence-corrected chi connectivity index (χ2v) is 9.74. The first-order valence-electron chi connectivity index (χ1n) is 9.90. The van der Waals surface area contributed by atoms with Crippen molar-refractivity contribution in [1.29, 1.82) is 0 Å². The molecule has 0 aliphatic heterocycles. The van der Waals surface area contributed by atoms with Crippen molar-refractivity contribution in [3.8, 4) is 5.75 Å². The Labute approximate surface area is 193 Å². The van der Waals surface area contributed by atoms with Crippen LogP contribution in [-0.2, 0) is 24.3 Å². The molecule has 10 heteroatoms. The van der Waals surface area contributed by atoms with E-state index in [0.29, 0.717) is 17.2 Å². The average Bonchev–Trinajstić information content (AvgIpc) is 2.77. The minimum Gasteiger partial charge on any atom is -0.495 e. The molecule has 0 heterocycles. The van der Waals surface area contributed by atoms with Crippen LogP contribution in [0.3, 0.4) is 0 Å². The number of ether oxygens (including phenoxy) is 2. The summed E-state index contributed by atoms with van der Waals surface area (Å²) < 4.78 is 38.2. The Kier molecular flexibility index (Phi) is 9.55. The molecule has 2 atom stereocenters. The Morgan fingerprint density at radius 2 is 1.81 bits per heavy atom. The predicted octanol–water partition coefficient (Wildman–Crippen LogP) is 2.97. The van der Waals surface area contributed by atoms with Gasteiger partial charge in [0.05, 0.1) is 17.7 Å². The number of thioether (sulfide) groups is 1. The van der Waals surface area contributed by atoms with Crippen molar-refractivity contribution in [2.45, 2.75) is 37.3 Å². The molecule has 0 saturated carbocycles. The second-order valence-electron chi connectivity index (χ2n) is 7.04. The lowest BCUT2D eigenvalue weighted by Crippen LogP contribution is -2.44. The Morgan fingerprint density at radius 1 is 1.12 bits per heavy atom. The summed E-state index contributed by atoms with van der Waals surface area (Å²) in [7, 11) is -2.45. The smallest absolute Gasteiger partial charge is 0.324 e. The van der Waals surface area contributed by atoms with Gasteiger partial charge in [-0.1, -0.05) is 24.3 Å². The van der Waals surface area contributed by atoms with E-state index in [4.69, 9.17) is 9.47 Å². The van der Waals surface area contributed by atoms with Crippen molar-refractivity contribution >= 4 is 39.3 Å². The summed E-state index contributed by atoms with van der Waals surface area (Å²) >= 11 is 1.47. The number of nitrogens with one attached hydrogen (secondary N) is 2. The van der Waals surface area contributed by atoms with E-state index >= 15 is 0 Å². The van der Waals surface area contributed by atoms with Gasteiger partial charge in [-0.05, 0) is 62.1 Å². The van der Waals surface area contributed by atoms with Crippen molar-refractivity contribution in [3.05, 3.63) is 54.1 Å². The average molecular weight is 481 g/mol. The van der Waals surface area contributed by atoms with Gasteiger partial charge in [-0.25, -0.2) is 8.42 Å². The summed E-state index contributed by atoms with van der Waals surface area (Å²) in [4.78, 5) is 25.4. The molecule has 32 heavy (non-hydrogen) atoms. The van der Waals surface area contributed by atoms with Crippen molar-refractivity contribution in [3.63, 3.8) is 0 Å². The zero-order valence-corrected chi connectivity index (χ0v) is 20.1. The van der Waals surface area contributed by atoms with Gasteiger partial charge in [0.1, 0.15) is 11.8 Å². The van der Waals surface area contributed by atoms with E-state index in [0.717, 1.165) is 5.56 Å². The first kappa shape index (κ1) is 25.7. The van der Waals surface area contributed by atoms with Gasteiger partial charge in [-0.3, -0.25) is 9.59 Å². The molecule has 0 fully saturated rings. The van der Waals surface area contributed by atoms with E-state index in [1.165, 1.54) is 37.9 Å². The monoisotopic (exact) mass is 480 g/mol. The molecule has 2 aromatic rings. The number of anilines is 1. The molecule has 0 aromatic heterocycles. The predicted molar refractivity (Wildman–Crippen MR) is 125 cm³/mol. The fourth-order valence-electron chi connectivity index (χ4n) is 2.78. The van der Waals surface area contributed by atoms with E-state index in [9.17, 15) is 18.0 Å². The zero-order chi connectivity index (χ0) is 23.7. The largest absolute Gasteiger partial charge is 0.495 e. The maximum Gasteiger partial charge on any atom is 0.324 e. The number of carbonyl (C=O) groups is 2. The number of benzene rings is 2. The van der Waals surface area contributed by atoms with Gasteiger partial charge >= 0.3 is 5.97 Å². The molecule has 0 aliphatic rings. The summed E-state index contributed by atoms with van der Waals surface area (Å²) in [5, 5.41) is 2.68. The standard InChI is InChI=1S/C22H28N2O6S2/c1-15-10-11-20(29-3)19(14-15)23-21(25)16(2)30-22(26)18(12-13-31-4)24-32(27,28)17-8-6-5-7-9-17/h5-11,14,16,18,24H,12-13H2,1-4H3,(H,23,25). The van der Waals surface area contributed by atoms with Crippen molar-refractivity contribution in [1.82, 2.24) is 4.72 Å². The number of rotatable bonds is 11. The Morgan fingerprint density at radius 3 is 2.44 bits per heavy atom. The highest BCUT2D eigenvalue weighted by Gasteiger charge is 2.29. The van der Waals surface area contributed by atoms with E-state index < -0.39 is 34.0 Å². The molecule has 2 aromatic carbocycles. The highest BCUT2D eigenvalue weighted by Crippen LogP contribution is 2.25. The molecule has 0 saturated heterocycles. The summed E-state index contributed by atoms with van der Waals surface area (Å²) in [5.41, 5.74) is 1.36. The number of hydrogen-bond acceptors (Lipinski definition) is 7. The van der Waals surface area contributed by atoms with Crippen LogP contribution in [0.4, 0.5) is 5.69 Å². The number of hydrogen-bond donors (Lipinski definition) is 2. The van der Waals surface area contributed by atoms with Gasteiger partial charge in [-0.2, -0.15) is 16.5 Å². The van der Waals surface area contributed by atoms with Gasteiger partial charge in [0.25, 0.3) is 5.91 Å². The molecule has 8 nitrogen and oxygen atoms in total. The number of carbonyl (C=O) groups excluding carboxylic acids is 2. The lowest BCUT2D eigenvalue weighted by atomic mass is 10.2. The molecule has 0 bridgehead atoms. The van der Waals surface area contributed by atoms with Crippen molar-refractivity contribution in [2.24, 2.45) is 0 Å². The highest BCUT2D eigenvalue weighted by molar-refractivity contribution is 7.98. The molecule has 2 rings (SSSR count). The first-order chi connectivity index (χ1) is 15.2. The normalized spacial score (nSPS) is 13.1. The maximum atomic E-state index is 12.7.